The fourth-order valence-corrected chi connectivity index (χ4v) is 5.02. The number of hydrogen-bond acceptors (Lipinski definition) is 6. The Balaban J connectivity index is 4.35. The average Bonchev–Trinajstić information content (AvgIpc) is 2.78. The quantitative estimate of drug-likeness (QED) is 0.101. The first-order valence-electron chi connectivity index (χ1n) is 15.6. The van der Waals surface area contributed by atoms with Gasteiger partial charge in [-0.05, 0) is 83.0 Å². The maximum Gasteiger partial charge on any atom is 0.407 e. The van der Waals surface area contributed by atoms with E-state index in [9.17, 15) is 14.4 Å². The molecular formula is C33H63NO6. The van der Waals surface area contributed by atoms with Crippen molar-refractivity contribution in [3.05, 3.63) is 0 Å². The summed E-state index contributed by atoms with van der Waals surface area (Å²) in [6.45, 7) is 24.9. The lowest BCUT2D eigenvalue weighted by atomic mass is 9.72. The van der Waals surface area contributed by atoms with Gasteiger partial charge in [0.2, 0.25) is 0 Å². The summed E-state index contributed by atoms with van der Waals surface area (Å²) in [5.74, 6) is -0.206. The second-order valence-corrected chi connectivity index (χ2v) is 14.8. The molecule has 0 aliphatic rings. The van der Waals surface area contributed by atoms with Crippen LogP contribution in [0.25, 0.3) is 0 Å². The van der Waals surface area contributed by atoms with E-state index in [1.807, 2.05) is 48.5 Å². The molecule has 7 nitrogen and oxygen atoms in total. The van der Waals surface area contributed by atoms with E-state index in [1.165, 1.54) is 0 Å². The number of nitrogens with one attached hydrogen (secondary N) is 1. The zero-order chi connectivity index (χ0) is 31.2. The monoisotopic (exact) mass is 569 g/mol. The molecule has 0 heterocycles. The minimum absolute atomic E-state index is 0.0109. The van der Waals surface area contributed by atoms with E-state index in [2.05, 4.69) is 39.9 Å². The largest absolute Gasteiger partial charge is 0.464 e. The van der Waals surface area contributed by atoms with Gasteiger partial charge in [0.1, 0.15) is 17.8 Å². The third kappa shape index (κ3) is 17.1. The van der Waals surface area contributed by atoms with Gasteiger partial charge in [0.05, 0.1) is 12.5 Å². The molecule has 0 fully saturated rings. The summed E-state index contributed by atoms with van der Waals surface area (Å²) in [4.78, 5) is 37.5. The van der Waals surface area contributed by atoms with E-state index in [1.54, 1.807) is 0 Å². The van der Waals surface area contributed by atoms with Crippen LogP contribution < -0.4 is 5.32 Å². The number of rotatable bonds is 18. The molecule has 236 valence electrons. The SMILES string of the molecule is CCCCC(CC)C(C)(C)OC(=O)CCCCCC(C)(C)OC(=O)NCCOC(=O)C(CC(C)(C)C)C(C)(C)C. The smallest absolute Gasteiger partial charge is 0.407 e. The third-order valence-corrected chi connectivity index (χ3v) is 7.55. The van der Waals surface area contributed by atoms with E-state index < -0.39 is 17.3 Å². The Bertz CT molecular complexity index is 760. The highest BCUT2D eigenvalue weighted by atomic mass is 16.6. The fourth-order valence-electron chi connectivity index (χ4n) is 5.02. The Morgan fingerprint density at radius 1 is 0.800 bits per heavy atom. The molecule has 1 N–H and O–H groups in total. The summed E-state index contributed by atoms with van der Waals surface area (Å²) in [6, 6.07) is 0. The van der Waals surface area contributed by atoms with E-state index in [4.69, 9.17) is 14.2 Å². The first-order valence-corrected chi connectivity index (χ1v) is 15.6. The van der Waals surface area contributed by atoms with Gasteiger partial charge < -0.3 is 19.5 Å². The van der Waals surface area contributed by atoms with Gasteiger partial charge in [0.15, 0.2) is 0 Å². The van der Waals surface area contributed by atoms with Crippen molar-refractivity contribution in [3.63, 3.8) is 0 Å². The number of amides is 1. The van der Waals surface area contributed by atoms with Crippen LogP contribution in [-0.4, -0.2) is 42.4 Å². The van der Waals surface area contributed by atoms with Crippen molar-refractivity contribution in [3.8, 4) is 0 Å². The number of esters is 2. The van der Waals surface area contributed by atoms with Crippen LogP contribution in [0.5, 0.6) is 0 Å². The molecule has 0 aromatic heterocycles. The number of carbonyl (C=O) groups excluding carboxylic acids is 3. The van der Waals surface area contributed by atoms with Crippen molar-refractivity contribution in [2.24, 2.45) is 22.7 Å². The average molecular weight is 570 g/mol. The summed E-state index contributed by atoms with van der Waals surface area (Å²) in [5, 5.41) is 2.69. The molecule has 1 amide bonds. The molecule has 0 radical (unpaired) electrons. The Labute approximate surface area is 246 Å². The molecule has 2 atom stereocenters. The highest BCUT2D eigenvalue weighted by Crippen LogP contribution is 2.36. The Morgan fingerprint density at radius 2 is 1.43 bits per heavy atom. The lowest BCUT2D eigenvalue weighted by Gasteiger charge is -2.33. The van der Waals surface area contributed by atoms with Gasteiger partial charge in [0, 0.05) is 6.42 Å². The predicted molar refractivity (Wildman–Crippen MR) is 163 cm³/mol. The van der Waals surface area contributed by atoms with Crippen LogP contribution in [0.2, 0.25) is 0 Å². The number of unbranched alkanes of at least 4 members (excludes halogenated alkanes) is 3. The van der Waals surface area contributed by atoms with E-state index in [-0.39, 0.29) is 41.8 Å². The Kier molecular flexibility index (Phi) is 16.5. The molecule has 0 rings (SSSR count). The normalized spacial score (nSPS) is 14.3. The van der Waals surface area contributed by atoms with Crippen molar-refractivity contribution < 1.29 is 28.6 Å². The Morgan fingerprint density at radius 3 is 1.95 bits per heavy atom. The number of carbonyl (C=O) groups is 3. The molecule has 0 aromatic rings. The van der Waals surface area contributed by atoms with Crippen molar-refractivity contribution in [1.29, 1.82) is 0 Å². The minimum atomic E-state index is -0.638. The highest BCUT2D eigenvalue weighted by Gasteiger charge is 2.36. The van der Waals surface area contributed by atoms with Gasteiger partial charge in [-0.25, -0.2) is 4.79 Å². The molecule has 0 aromatic carbocycles. The van der Waals surface area contributed by atoms with Crippen LogP contribution >= 0.6 is 0 Å². The lowest BCUT2D eigenvalue weighted by molar-refractivity contribution is -0.162. The molecule has 40 heavy (non-hydrogen) atoms. The maximum absolute atomic E-state index is 12.7. The van der Waals surface area contributed by atoms with Crippen LogP contribution in [0, 0.1) is 22.7 Å². The van der Waals surface area contributed by atoms with Gasteiger partial charge in [-0.15, -0.1) is 0 Å². The zero-order valence-electron chi connectivity index (χ0n) is 28.1. The molecule has 0 saturated carbocycles. The highest BCUT2D eigenvalue weighted by molar-refractivity contribution is 5.73. The standard InChI is InChI=1S/C33H63NO6/c1-13-15-19-25(14-2)33(11,12)39-27(35)20-17-16-18-21-32(9,10)40-29(37)34-22-23-38-28(36)26(31(6,7)8)24-30(3,4)5/h25-26H,13-24H2,1-12H3,(H,34,37). The van der Waals surface area contributed by atoms with Gasteiger partial charge in [-0.1, -0.05) is 74.7 Å². The molecule has 7 heteroatoms. The predicted octanol–water partition coefficient (Wildman–Crippen LogP) is 8.62. The van der Waals surface area contributed by atoms with Crippen LogP contribution in [0.3, 0.4) is 0 Å². The molecule has 0 aliphatic carbocycles. The van der Waals surface area contributed by atoms with Crippen LogP contribution in [0.1, 0.15) is 147 Å². The van der Waals surface area contributed by atoms with Gasteiger partial charge in [0.25, 0.3) is 0 Å². The lowest BCUT2D eigenvalue weighted by Crippen LogP contribution is -2.38. The van der Waals surface area contributed by atoms with Crippen molar-refractivity contribution >= 4 is 18.0 Å². The summed E-state index contributed by atoms with van der Waals surface area (Å²) in [7, 11) is 0. The van der Waals surface area contributed by atoms with Crippen LogP contribution in [0.15, 0.2) is 0 Å². The third-order valence-electron chi connectivity index (χ3n) is 7.55. The van der Waals surface area contributed by atoms with Crippen molar-refractivity contribution in [2.75, 3.05) is 13.2 Å². The number of ether oxygens (including phenoxy) is 3. The summed E-state index contributed by atoms with van der Waals surface area (Å²) in [5.41, 5.74) is -1.27. The molecule has 0 bridgehead atoms. The zero-order valence-corrected chi connectivity index (χ0v) is 28.1. The molecular weight excluding hydrogens is 506 g/mol. The summed E-state index contributed by atoms with van der Waals surface area (Å²) >= 11 is 0. The molecule has 2 unspecified atom stereocenters. The molecule has 0 saturated heterocycles. The van der Waals surface area contributed by atoms with E-state index in [0.29, 0.717) is 18.8 Å². The van der Waals surface area contributed by atoms with Crippen molar-refractivity contribution in [2.45, 2.75) is 158 Å². The first kappa shape index (κ1) is 38.2. The fraction of sp³-hybridized carbons (Fsp3) is 0.909. The van der Waals surface area contributed by atoms with Gasteiger partial charge >= 0.3 is 18.0 Å². The molecule has 0 aliphatic heterocycles. The van der Waals surface area contributed by atoms with Crippen LogP contribution in [0.4, 0.5) is 4.79 Å². The summed E-state index contributed by atoms with van der Waals surface area (Å²) in [6.07, 6.45) is 8.12. The minimum Gasteiger partial charge on any atom is -0.464 e. The number of alkyl carbamates (subject to hydrolysis) is 1. The van der Waals surface area contributed by atoms with Gasteiger partial charge in [-0.2, -0.15) is 0 Å². The first-order chi connectivity index (χ1) is 18.2. The maximum atomic E-state index is 12.7. The van der Waals surface area contributed by atoms with E-state index >= 15 is 0 Å². The summed E-state index contributed by atoms with van der Waals surface area (Å²) < 4.78 is 16.9. The topological polar surface area (TPSA) is 90.9 Å². The molecule has 0 spiro atoms. The Hall–Kier alpha value is -1.79. The second kappa shape index (κ2) is 17.2. The van der Waals surface area contributed by atoms with E-state index in [0.717, 1.165) is 51.4 Å². The second-order valence-electron chi connectivity index (χ2n) is 14.8. The van der Waals surface area contributed by atoms with Crippen molar-refractivity contribution in [1.82, 2.24) is 5.32 Å². The number of hydrogen-bond donors (Lipinski definition) is 1. The van der Waals surface area contributed by atoms with Crippen LogP contribution in [-0.2, 0) is 23.8 Å². The van der Waals surface area contributed by atoms with Gasteiger partial charge in [-0.3, -0.25) is 9.59 Å².